The van der Waals surface area contributed by atoms with Crippen LogP contribution in [0.5, 0.6) is 0 Å². The van der Waals surface area contributed by atoms with Crippen LogP contribution in [-0.4, -0.2) is 10.2 Å². The van der Waals surface area contributed by atoms with Crippen molar-refractivity contribution in [3.05, 3.63) is 11.8 Å². The Bertz CT molecular complexity index is 598. The molecule has 3 heteroatoms. The SMILES string of the molecule is CCCCCCCC(C)(CCCCC)c1nnc(C(C)(CCCCCC)CCCCCCC)o1. The summed E-state index contributed by atoms with van der Waals surface area (Å²) in [6, 6.07) is 0. The third-order valence-corrected chi connectivity index (χ3v) is 8.04. The van der Waals surface area contributed by atoms with Gasteiger partial charge in [-0.2, -0.15) is 0 Å². The Balaban J connectivity index is 2.95. The minimum atomic E-state index is 0.0245. The summed E-state index contributed by atoms with van der Waals surface area (Å²) in [7, 11) is 0. The normalized spacial score (nSPS) is 15.4. The van der Waals surface area contributed by atoms with E-state index in [1.807, 2.05) is 0 Å². The zero-order valence-corrected chi connectivity index (χ0v) is 24.2. The minimum absolute atomic E-state index is 0.0245. The Morgan fingerprint density at radius 3 is 1.06 bits per heavy atom. The van der Waals surface area contributed by atoms with Gasteiger partial charge in [-0.3, -0.25) is 0 Å². The van der Waals surface area contributed by atoms with Gasteiger partial charge in [-0.25, -0.2) is 0 Å². The molecule has 0 aromatic carbocycles. The fourth-order valence-electron chi connectivity index (χ4n) is 5.33. The quantitative estimate of drug-likeness (QED) is 0.147. The Hall–Kier alpha value is -0.860. The molecule has 1 rings (SSSR count). The predicted molar refractivity (Wildman–Crippen MR) is 149 cm³/mol. The van der Waals surface area contributed by atoms with Crippen LogP contribution in [0.4, 0.5) is 0 Å². The Morgan fingerprint density at radius 2 is 0.706 bits per heavy atom. The molecule has 200 valence electrons. The topological polar surface area (TPSA) is 38.9 Å². The lowest BCUT2D eigenvalue weighted by molar-refractivity contribution is 0.241. The Labute approximate surface area is 213 Å². The molecule has 3 nitrogen and oxygen atoms in total. The first-order valence-corrected chi connectivity index (χ1v) is 15.3. The minimum Gasteiger partial charge on any atom is -0.424 e. The van der Waals surface area contributed by atoms with E-state index in [0.29, 0.717) is 0 Å². The number of nitrogens with zero attached hydrogens (tertiary/aromatic N) is 2. The van der Waals surface area contributed by atoms with Crippen molar-refractivity contribution in [2.75, 3.05) is 0 Å². The van der Waals surface area contributed by atoms with E-state index in [2.05, 4.69) is 41.5 Å². The molecule has 0 saturated heterocycles. The average Bonchev–Trinajstić information content (AvgIpc) is 3.34. The number of hydrogen-bond donors (Lipinski definition) is 0. The van der Waals surface area contributed by atoms with Gasteiger partial charge in [-0.15, -0.1) is 10.2 Å². The standard InChI is InChI=1S/C31H60N2O/c1-7-11-15-18-22-26-30(5,24-20-14-10-4)28-32-33-29(34-28)31(6,25-21-17-13-9-3)27-23-19-16-12-8-2/h7-27H2,1-6H3. The summed E-state index contributed by atoms with van der Waals surface area (Å²) in [5, 5.41) is 9.47. The molecule has 0 aliphatic heterocycles. The lowest BCUT2D eigenvalue weighted by atomic mass is 9.79. The fraction of sp³-hybridized carbons (Fsp3) is 0.935. The molecule has 0 radical (unpaired) electrons. The van der Waals surface area contributed by atoms with Gasteiger partial charge >= 0.3 is 0 Å². The molecular formula is C31H60N2O. The second kappa shape index (κ2) is 18.4. The van der Waals surface area contributed by atoms with E-state index in [-0.39, 0.29) is 10.8 Å². The van der Waals surface area contributed by atoms with Gasteiger partial charge in [0.25, 0.3) is 0 Å². The molecule has 1 aromatic heterocycles. The van der Waals surface area contributed by atoms with Crippen molar-refractivity contribution in [2.45, 2.75) is 187 Å². The summed E-state index contributed by atoms with van der Waals surface area (Å²) in [4.78, 5) is 0. The fourth-order valence-corrected chi connectivity index (χ4v) is 5.33. The molecule has 0 saturated carbocycles. The third kappa shape index (κ3) is 11.7. The van der Waals surface area contributed by atoms with E-state index in [1.165, 1.54) is 135 Å². The van der Waals surface area contributed by atoms with Crippen molar-refractivity contribution in [1.29, 1.82) is 0 Å². The third-order valence-electron chi connectivity index (χ3n) is 8.04. The molecule has 2 atom stereocenters. The molecule has 0 N–H and O–H groups in total. The predicted octanol–water partition coefficient (Wildman–Crippen LogP) is 10.9. The summed E-state index contributed by atoms with van der Waals surface area (Å²) in [6.07, 6.45) is 26.9. The number of unbranched alkanes of at least 4 members (excludes halogenated alkanes) is 13. The molecule has 1 heterocycles. The average molecular weight is 477 g/mol. The van der Waals surface area contributed by atoms with Crippen molar-refractivity contribution in [3.63, 3.8) is 0 Å². The molecule has 0 aliphatic carbocycles. The lowest BCUT2D eigenvalue weighted by Gasteiger charge is -2.28. The van der Waals surface area contributed by atoms with Crippen LogP contribution in [0.15, 0.2) is 4.42 Å². The van der Waals surface area contributed by atoms with Crippen molar-refractivity contribution >= 4 is 0 Å². The number of aromatic nitrogens is 2. The summed E-state index contributed by atoms with van der Waals surface area (Å²) in [5.41, 5.74) is 0.0491. The van der Waals surface area contributed by atoms with Crippen LogP contribution in [0.25, 0.3) is 0 Å². The second-order valence-corrected chi connectivity index (χ2v) is 11.6. The van der Waals surface area contributed by atoms with Crippen LogP contribution in [0.1, 0.15) is 188 Å². The monoisotopic (exact) mass is 476 g/mol. The van der Waals surface area contributed by atoms with Crippen molar-refractivity contribution in [3.8, 4) is 0 Å². The van der Waals surface area contributed by atoms with E-state index in [0.717, 1.165) is 11.8 Å². The smallest absolute Gasteiger partial charge is 0.222 e. The van der Waals surface area contributed by atoms with Gasteiger partial charge in [0, 0.05) is 10.8 Å². The highest BCUT2D eigenvalue weighted by molar-refractivity contribution is 5.07. The van der Waals surface area contributed by atoms with Gasteiger partial charge in [0.2, 0.25) is 11.8 Å². The van der Waals surface area contributed by atoms with Crippen LogP contribution < -0.4 is 0 Å². The molecule has 0 bridgehead atoms. The molecule has 0 aliphatic rings. The maximum absolute atomic E-state index is 6.64. The molecule has 1 aromatic rings. The maximum Gasteiger partial charge on any atom is 0.222 e. The van der Waals surface area contributed by atoms with Crippen LogP contribution in [-0.2, 0) is 10.8 Å². The van der Waals surface area contributed by atoms with E-state index >= 15 is 0 Å². The van der Waals surface area contributed by atoms with E-state index < -0.39 is 0 Å². The summed E-state index contributed by atoms with van der Waals surface area (Å²) < 4.78 is 6.64. The van der Waals surface area contributed by atoms with E-state index in [9.17, 15) is 0 Å². The zero-order valence-electron chi connectivity index (χ0n) is 24.2. The van der Waals surface area contributed by atoms with Gasteiger partial charge in [0.1, 0.15) is 0 Å². The number of rotatable bonds is 23. The van der Waals surface area contributed by atoms with Gasteiger partial charge < -0.3 is 4.42 Å². The van der Waals surface area contributed by atoms with E-state index in [1.54, 1.807) is 0 Å². The Morgan fingerprint density at radius 1 is 0.441 bits per heavy atom. The molecule has 2 unspecified atom stereocenters. The van der Waals surface area contributed by atoms with Gasteiger partial charge in [0.05, 0.1) is 0 Å². The molecule has 34 heavy (non-hydrogen) atoms. The highest BCUT2D eigenvalue weighted by Gasteiger charge is 2.36. The highest BCUT2D eigenvalue weighted by atomic mass is 16.4. The molecular weight excluding hydrogens is 416 g/mol. The first-order chi connectivity index (χ1) is 16.5. The van der Waals surface area contributed by atoms with E-state index in [4.69, 9.17) is 14.6 Å². The largest absolute Gasteiger partial charge is 0.424 e. The first-order valence-electron chi connectivity index (χ1n) is 15.3. The van der Waals surface area contributed by atoms with Gasteiger partial charge in [0.15, 0.2) is 0 Å². The van der Waals surface area contributed by atoms with Crippen LogP contribution in [0, 0.1) is 0 Å². The van der Waals surface area contributed by atoms with Crippen LogP contribution >= 0.6 is 0 Å². The number of hydrogen-bond acceptors (Lipinski definition) is 3. The van der Waals surface area contributed by atoms with Gasteiger partial charge in [-0.05, 0) is 25.7 Å². The summed E-state index contributed by atoms with van der Waals surface area (Å²) >= 11 is 0. The zero-order chi connectivity index (χ0) is 25.1. The summed E-state index contributed by atoms with van der Waals surface area (Å²) in [5.74, 6) is 1.84. The Kier molecular flexibility index (Phi) is 16.9. The first kappa shape index (κ1) is 31.2. The van der Waals surface area contributed by atoms with Crippen molar-refractivity contribution in [1.82, 2.24) is 10.2 Å². The second-order valence-electron chi connectivity index (χ2n) is 11.6. The molecule has 0 fully saturated rings. The lowest BCUT2D eigenvalue weighted by Crippen LogP contribution is -2.24. The summed E-state index contributed by atoms with van der Waals surface area (Å²) in [6.45, 7) is 13.9. The van der Waals surface area contributed by atoms with Crippen molar-refractivity contribution < 1.29 is 4.42 Å². The maximum atomic E-state index is 6.64. The van der Waals surface area contributed by atoms with Crippen LogP contribution in [0.2, 0.25) is 0 Å². The van der Waals surface area contributed by atoms with Gasteiger partial charge in [-0.1, -0.05) is 151 Å². The van der Waals surface area contributed by atoms with Crippen molar-refractivity contribution in [2.24, 2.45) is 0 Å². The highest BCUT2D eigenvalue weighted by Crippen LogP contribution is 2.39. The molecule has 0 spiro atoms. The molecule has 0 amide bonds. The van der Waals surface area contributed by atoms with Crippen LogP contribution in [0.3, 0.4) is 0 Å².